The van der Waals surface area contributed by atoms with Crippen molar-refractivity contribution in [1.29, 1.82) is 0 Å². The lowest BCUT2D eigenvalue weighted by Crippen LogP contribution is -2.53. The molecule has 6 heterocycles. The van der Waals surface area contributed by atoms with Crippen LogP contribution >= 0.6 is 0 Å². The highest BCUT2D eigenvalue weighted by Gasteiger charge is 2.30. The summed E-state index contributed by atoms with van der Waals surface area (Å²) in [6.45, 7) is 10.2. The topological polar surface area (TPSA) is 158 Å². The molecule has 4 fully saturated rings. The van der Waals surface area contributed by atoms with Crippen LogP contribution in [0.4, 0.5) is 23.1 Å². The first-order valence-corrected chi connectivity index (χ1v) is 19.8. The molecule has 2 amide bonds. The van der Waals surface area contributed by atoms with Crippen molar-refractivity contribution in [2.24, 2.45) is 0 Å². The number of amides is 2. The monoisotopic (exact) mass is 746 g/mol. The van der Waals surface area contributed by atoms with Crippen LogP contribution in [0.25, 0.3) is 11.0 Å². The number of nitrogens with one attached hydrogen (secondary N) is 3. The first-order chi connectivity index (χ1) is 26.7. The molecule has 14 nitrogen and oxygen atoms in total. The molecule has 288 valence electrons. The van der Waals surface area contributed by atoms with Crippen LogP contribution in [0.1, 0.15) is 85.8 Å². The number of Topliss-reactive ketones (excluding diaryl/α,β-unsaturated/α-hetero) is 1. The van der Waals surface area contributed by atoms with Crippen LogP contribution in [0.2, 0.25) is 0 Å². The lowest BCUT2D eigenvalue weighted by molar-refractivity contribution is -0.133. The third-order valence-electron chi connectivity index (χ3n) is 11.9. The number of aryl methyl sites for hydroxylation is 1. The van der Waals surface area contributed by atoms with Crippen molar-refractivity contribution < 1.29 is 14.4 Å². The maximum absolute atomic E-state index is 13.6. The number of carbonyl (C=O) groups excluding carboxylic acids is 3. The minimum atomic E-state index is -0.383. The first kappa shape index (κ1) is 36.8. The van der Waals surface area contributed by atoms with Gasteiger partial charge in [-0.25, -0.2) is 9.97 Å². The maximum atomic E-state index is 13.6. The predicted octanol–water partition coefficient (Wildman–Crippen LogP) is 4.56. The van der Waals surface area contributed by atoms with Gasteiger partial charge in [0.1, 0.15) is 17.5 Å². The average molecular weight is 747 g/mol. The van der Waals surface area contributed by atoms with Gasteiger partial charge in [0.05, 0.1) is 17.4 Å². The molecule has 4 aliphatic rings. The summed E-state index contributed by atoms with van der Waals surface area (Å²) in [7, 11) is 0. The Morgan fingerprint density at radius 1 is 0.891 bits per heavy atom. The van der Waals surface area contributed by atoms with Crippen LogP contribution in [0.5, 0.6) is 0 Å². The second-order valence-electron chi connectivity index (χ2n) is 15.5. The van der Waals surface area contributed by atoms with Crippen molar-refractivity contribution in [1.82, 2.24) is 34.6 Å². The second-order valence-corrected chi connectivity index (χ2v) is 15.5. The molecule has 3 N–H and O–H groups in total. The molecule has 0 radical (unpaired) electrons. The van der Waals surface area contributed by atoms with Crippen molar-refractivity contribution >= 4 is 51.8 Å². The number of piperazine rings is 1. The fourth-order valence-corrected chi connectivity index (χ4v) is 8.90. The molecule has 3 aromatic heterocycles. The minimum absolute atomic E-state index is 0.0234. The highest BCUT2D eigenvalue weighted by atomic mass is 16.2. The van der Waals surface area contributed by atoms with Crippen LogP contribution < -0.4 is 26.4 Å². The van der Waals surface area contributed by atoms with E-state index in [0.717, 1.165) is 101 Å². The lowest BCUT2D eigenvalue weighted by Gasteiger charge is -2.43. The van der Waals surface area contributed by atoms with Crippen LogP contribution in [-0.4, -0.2) is 98.3 Å². The molecule has 55 heavy (non-hydrogen) atoms. The molecule has 1 aliphatic carbocycles. The summed E-state index contributed by atoms with van der Waals surface area (Å²) in [6, 6.07) is 12.5. The SMILES string of the molecule is CC(=O)c1c(C)c2cnc(Nc3ccc(N4CCC(N5CCN(Cc6cccc(NC7CCC(=O)NC7=O)c6)CC5)CC4)cn3)nc2n(C2CCCC2)c1=O. The number of fused-ring (bicyclic) bond motifs is 1. The van der Waals surface area contributed by atoms with Crippen molar-refractivity contribution in [3.8, 4) is 0 Å². The Labute approximate surface area is 320 Å². The van der Waals surface area contributed by atoms with Gasteiger partial charge in [-0.2, -0.15) is 4.98 Å². The zero-order chi connectivity index (χ0) is 38.1. The quantitative estimate of drug-likeness (QED) is 0.154. The third-order valence-corrected chi connectivity index (χ3v) is 11.9. The lowest BCUT2D eigenvalue weighted by atomic mass is 10.0. The summed E-state index contributed by atoms with van der Waals surface area (Å²) in [5, 5.41) is 9.68. The van der Waals surface area contributed by atoms with Gasteiger partial charge in [0.15, 0.2) is 5.78 Å². The number of carbonyl (C=O) groups is 3. The number of hydrogen-bond donors (Lipinski definition) is 3. The average Bonchev–Trinajstić information content (AvgIpc) is 3.71. The van der Waals surface area contributed by atoms with Crippen molar-refractivity contribution in [3.05, 3.63) is 75.8 Å². The van der Waals surface area contributed by atoms with Crippen molar-refractivity contribution in [2.75, 3.05) is 54.8 Å². The molecule has 14 heteroatoms. The Bertz CT molecular complexity index is 2130. The van der Waals surface area contributed by atoms with E-state index in [1.54, 1.807) is 17.7 Å². The Morgan fingerprint density at radius 3 is 2.38 bits per heavy atom. The largest absolute Gasteiger partial charge is 0.374 e. The van der Waals surface area contributed by atoms with Gasteiger partial charge >= 0.3 is 0 Å². The van der Waals surface area contributed by atoms with Gasteiger partial charge < -0.3 is 15.5 Å². The van der Waals surface area contributed by atoms with Crippen LogP contribution in [0.3, 0.4) is 0 Å². The summed E-state index contributed by atoms with van der Waals surface area (Å²) >= 11 is 0. The molecule has 3 saturated heterocycles. The smallest absolute Gasteiger partial charge is 0.263 e. The van der Waals surface area contributed by atoms with E-state index in [9.17, 15) is 19.2 Å². The molecule has 0 bridgehead atoms. The number of anilines is 4. The number of imide groups is 1. The maximum Gasteiger partial charge on any atom is 0.263 e. The fourth-order valence-electron chi connectivity index (χ4n) is 8.90. The van der Waals surface area contributed by atoms with Crippen molar-refractivity contribution in [2.45, 2.75) is 89.9 Å². The standard InChI is InChI=1S/C41H50N10O4/c1-26-33-24-43-41(47-38(33)51(31-8-3-4-9-31)40(55)37(26)27(2)52)45-35-12-10-32(23-42-35)49-16-14-30(15-17-49)50-20-18-48(19-21-50)25-28-6-5-7-29(22-28)44-34-11-13-36(53)46-39(34)54/h5-7,10,12,22-24,30-31,34,44H,3-4,8-9,11,13-21,25H2,1-2H3,(H,46,53,54)(H,42,43,45,47). The summed E-state index contributed by atoms with van der Waals surface area (Å²) in [5.74, 6) is 0.300. The van der Waals surface area contributed by atoms with Crippen LogP contribution in [0.15, 0.2) is 53.6 Å². The fraction of sp³-hybridized carbons (Fsp3) is 0.488. The van der Waals surface area contributed by atoms with E-state index >= 15 is 0 Å². The van der Waals surface area contributed by atoms with Gasteiger partial charge in [0, 0.05) is 81.6 Å². The van der Waals surface area contributed by atoms with E-state index < -0.39 is 0 Å². The van der Waals surface area contributed by atoms with E-state index in [0.29, 0.717) is 41.9 Å². The highest BCUT2D eigenvalue weighted by Crippen LogP contribution is 2.32. The van der Waals surface area contributed by atoms with Gasteiger partial charge in [0.25, 0.3) is 5.56 Å². The summed E-state index contributed by atoms with van der Waals surface area (Å²) in [4.78, 5) is 71.3. The van der Waals surface area contributed by atoms with E-state index in [1.807, 2.05) is 24.4 Å². The van der Waals surface area contributed by atoms with E-state index in [4.69, 9.17) is 9.97 Å². The van der Waals surface area contributed by atoms with E-state index in [2.05, 4.69) is 53.8 Å². The van der Waals surface area contributed by atoms with Gasteiger partial charge in [-0.1, -0.05) is 25.0 Å². The number of piperidine rings is 2. The predicted molar refractivity (Wildman–Crippen MR) is 212 cm³/mol. The van der Waals surface area contributed by atoms with Crippen LogP contribution in [-0.2, 0) is 16.1 Å². The van der Waals surface area contributed by atoms with E-state index in [1.165, 1.54) is 12.5 Å². The number of benzene rings is 1. The van der Waals surface area contributed by atoms with Gasteiger partial charge in [-0.3, -0.25) is 38.9 Å². The number of aromatic nitrogens is 4. The molecule has 1 saturated carbocycles. The minimum Gasteiger partial charge on any atom is -0.374 e. The summed E-state index contributed by atoms with van der Waals surface area (Å²) in [6.07, 6.45) is 10.6. The van der Waals surface area contributed by atoms with Crippen LogP contribution in [0, 0.1) is 6.92 Å². The Morgan fingerprint density at radius 2 is 1.67 bits per heavy atom. The highest BCUT2D eigenvalue weighted by molar-refractivity contribution is 6.01. The number of rotatable bonds is 10. The zero-order valence-corrected chi connectivity index (χ0v) is 31.7. The molecule has 1 unspecified atom stereocenters. The molecule has 3 aliphatic heterocycles. The molecular weight excluding hydrogens is 697 g/mol. The van der Waals surface area contributed by atoms with E-state index in [-0.39, 0.29) is 40.8 Å². The molecule has 0 spiro atoms. The number of hydrogen-bond acceptors (Lipinski definition) is 12. The molecule has 1 atom stereocenters. The van der Waals surface area contributed by atoms with Gasteiger partial charge in [0.2, 0.25) is 17.8 Å². The number of nitrogens with zero attached hydrogens (tertiary/aromatic N) is 7. The van der Waals surface area contributed by atoms with Gasteiger partial charge in [-0.05, 0) is 81.3 Å². The van der Waals surface area contributed by atoms with Gasteiger partial charge in [-0.15, -0.1) is 0 Å². The Kier molecular flexibility index (Phi) is 10.6. The summed E-state index contributed by atoms with van der Waals surface area (Å²) < 4.78 is 1.73. The molecule has 1 aromatic carbocycles. The van der Waals surface area contributed by atoms with Crippen molar-refractivity contribution in [3.63, 3.8) is 0 Å². The first-order valence-electron chi connectivity index (χ1n) is 19.8. The second kappa shape index (κ2) is 15.9. The summed E-state index contributed by atoms with van der Waals surface area (Å²) in [5.41, 5.74) is 4.36. The molecule has 4 aromatic rings. The number of pyridine rings is 2. The zero-order valence-electron chi connectivity index (χ0n) is 31.7. The molecule has 8 rings (SSSR count). The third kappa shape index (κ3) is 7.97. The Balaban J connectivity index is 0.833. The normalized spacial score (nSPS) is 20.5. The number of ketones is 1. The molecular formula is C41H50N10O4. The Hall–Kier alpha value is -5.21.